The summed E-state index contributed by atoms with van der Waals surface area (Å²) < 4.78 is 6.83. The number of rotatable bonds is 3. The van der Waals surface area contributed by atoms with Gasteiger partial charge in [-0.15, -0.1) is 11.3 Å². The lowest BCUT2D eigenvalue weighted by Gasteiger charge is -2.36. The summed E-state index contributed by atoms with van der Waals surface area (Å²) in [6.45, 7) is 1.17. The molecule has 1 aromatic heterocycles. The summed E-state index contributed by atoms with van der Waals surface area (Å²) in [7, 11) is 1.66. The molecule has 33 heavy (non-hydrogen) atoms. The van der Waals surface area contributed by atoms with Crippen LogP contribution in [0, 0.1) is 0 Å². The molecule has 0 saturated carbocycles. The van der Waals surface area contributed by atoms with E-state index in [-0.39, 0.29) is 11.8 Å². The van der Waals surface area contributed by atoms with Crippen molar-refractivity contribution in [2.45, 2.75) is 12.5 Å². The van der Waals surface area contributed by atoms with E-state index in [1.165, 1.54) is 16.2 Å². The Labute approximate surface area is 208 Å². The number of anilines is 1. The van der Waals surface area contributed by atoms with Crippen molar-refractivity contribution < 1.29 is 19.4 Å². The molecule has 0 unspecified atom stereocenters. The Morgan fingerprint density at radius 3 is 2.76 bits per heavy atom. The van der Waals surface area contributed by atoms with Gasteiger partial charge >= 0.3 is 0 Å². The van der Waals surface area contributed by atoms with Crippen molar-refractivity contribution in [1.82, 2.24) is 4.90 Å². The SMILES string of the molecule is CN(C(=O)c1cc2c(s1)-c1ccc(Br)cc1OCC2)c1cc(C(=O)N2CC(O)C2)ccc1Cl. The van der Waals surface area contributed by atoms with Crippen LogP contribution in [0.15, 0.2) is 46.9 Å². The van der Waals surface area contributed by atoms with Crippen LogP contribution < -0.4 is 9.64 Å². The third-order valence-electron chi connectivity index (χ3n) is 5.85. The number of thiophene rings is 1. The number of fused-ring (bicyclic) bond motifs is 3. The fourth-order valence-corrected chi connectivity index (χ4v) is 5.80. The summed E-state index contributed by atoms with van der Waals surface area (Å²) >= 11 is 11.3. The molecule has 0 radical (unpaired) electrons. The molecule has 170 valence electrons. The number of ether oxygens (including phenoxy) is 1. The number of halogens is 2. The van der Waals surface area contributed by atoms with Gasteiger partial charge in [-0.25, -0.2) is 0 Å². The maximum atomic E-state index is 13.4. The molecular weight excluding hydrogens is 528 g/mol. The molecule has 2 aromatic carbocycles. The monoisotopic (exact) mass is 546 g/mol. The predicted octanol–water partition coefficient (Wildman–Crippen LogP) is 4.86. The zero-order chi connectivity index (χ0) is 23.3. The summed E-state index contributed by atoms with van der Waals surface area (Å²) in [5.41, 5.74) is 2.94. The number of hydrogen-bond donors (Lipinski definition) is 1. The van der Waals surface area contributed by atoms with Crippen LogP contribution >= 0.6 is 38.9 Å². The largest absolute Gasteiger partial charge is 0.493 e. The van der Waals surface area contributed by atoms with Crippen molar-refractivity contribution in [1.29, 1.82) is 0 Å². The molecule has 2 aliphatic heterocycles. The van der Waals surface area contributed by atoms with Crippen LogP contribution in [0.3, 0.4) is 0 Å². The van der Waals surface area contributed by atoms with Crippen molar-refractivity contribution in [2.24, 2.45) is 0 Å². The minimum absolute atomic E-state index is 0.190. The molecule has 5 rings (SSSR count). The van der Waals surface area contributed by atoms with E-state index in [1.807, 2.05) is 24.3 Å². The Kier molecular flexibility index (Phi) is 5.95. The zero-order valence-electron chi connectivity index (χ0n) is 17.7. The molecule has 3 aromatic rings. The van der Waals surface area contributed by atoms with Crippen LogP contribution in [0.2, 0.25) is 5.02 Å². The van der Waals surface area contributed by atoms with E-state index in [1.54, 1.807) is 30.1 Å². The lowest BCUT2D eigenvalue weighted by atomic mass is 10.1. The quantitative estimate of drug-likeness (QED) is 0.509. The molecule has 2 aliphatic rings. The number of aliphatic hydroxyl groups excluding tert-OH is 1. The second kappa shape index (κ2) is 8.76. The molecule has 6 nitrogen and oxygen atoms in total. The van der Waals surface area contributed by atoms with E-state index >= 15 is 0 Å². The standard InChI is InChI=1S/C24H20BrClN2O4S/c1-27(19-8-14(2-5-18(19)26)23(30)28-11-16(29)12-28)24(31)21-9-13-6-7-32-20-10-15(25)3-4-17(20)22(13)33-21/h2-5,8-10,16,29H,6-7,11-12H2,1H3. The Bertz CT molecular complexity index is 1270. The van der Waals surface area contributed by atoms with Crippen molar-refractivity contribution in [3.05, 3.63) is 68.0 Å². The van der Waals surface area contributed by atoms with Crippen LogP contribution in [-0.2, 0) is 6.42 Å². The van der Waals surface area contributed by atoms with Crippen LogP contribution in [0.4, 0.5) is 5.69 Å². The summed E-state index contributed by atoms with van der Waals surface area (Å²) in [5.74, 6) is 0.408. The van der Waals surface area contributed by atoms with Gasteiger partial charge < -0.3 is 19.6 Å². The van der Waals surface area contributed by atoms with Gasteiger partial charge in [0.05, 0.1) is 28.3 Å². The number of carbonyl (C=O) groups is 2. The molecule has 1 N–H and O–H groups in total. The maximum Gasteiger partial charge on any atom is 0.268 e. The van der Waals surface area contributed by atoms with Gasteiger partial charge in [0.2, 0.25) is 0 Å². The number of benzene rings is 2. The van der Waals surface area contributed by atoms with Gasteiger partial charge in [-0.3, -0.25) is 9.59 Å². The highest BCUT2D eigenvalue weighted by Crippen LogP contribution is 2.42. The van der Waals surface area contributed by atoms with Gasteiger partial charge in [0.1, 0.15) is 5.75 Å². The van der Waals surface area contributed by atoms with Gasteiger partial charge in [0, 0.05) is 47.0 Å². The highest BCUT2D eigenvalue weighted by Gasteiger charge is 2.30. The first-order valence-corrected chi connectivity index (χ1v) is 12.4. The van der Waals surface area contributed by atoms with Crippen LogP contribution in [0.1, 0.15) is 25.6 Å². The Morgan fingerprint density at radius 2 is 2.00 bits per heavy atom. The second-order valence-corrected chi connectivity index (χ2v) is 10.5. The van der Waals surface area contributed by atoms with Crippen molar-refractivity contribution >= 4 is 56.4 Å². The lowest BCUT2D eigenvalue weighted by Crippen LogP contribution is -2.53. The third-order valence-corrected chi connectivity index (χ3v) is 7.86. The highest BCUT2D eigenvalue weighted by atomic mass is 79.9. The van der Waals surface area contributed by atoms with E-state index in [9.17, 15) is 14.7 Å². The van der Waals surface area contributed by atoms with E-state index in [2.05, 4.69) is 15.9 Å². The second-order valence-electron chi connectivity index (χ2n) is 8.10. The lowest BCUT2D eigenvalue weighted by molar-refractivity contribution is 0.00590. The minimum atomic E-state index is -0.476. The zero-order valence-corrected chi connectivity index (χ0v) is 20.8. The molecule has 0 aliphatic carbocycles. The Balaban J connectivity index is 1.44. The van der Waals surface area contributed by atoms with E-state index in [4.69, 9.17) is 16.3 Å². The van der Waals surface area contributed by atoms with Gasteiger partial charge in [-0.2, -0.15) is 0 Å². The van der Waals surface area contributed by atoms with Crippen molar-refractivity contribution in [2.75, 3.05) is 31.6 Å². The molecule has 1 fully saturated rings. The van der Waals surface area contributed by atoms with E-state index in [0.717, 1.165) is 26.2 Å². The number of likely N-dealkylation sites (tertiary alicyclic amines) is 1. The fourth-order valence-electron chi connectivity index (χ4n) is 4.00. The summed E-state index contributed by atoms with van der Waals surface area (Å²) in [5, 5.41) is 9.87. The fraction of sp³-hybridized carbons (Fsp3) is 0.250. The Hall–Kier alpha value is -2.39. The summed E-state index contributed by atoms with van der Waals surface area (Å²) in [4.78, 5) is 30.7. The summed E-state index contributed by atoms with van der Waals surface area (Å²) in [6.07, 6.45) is 0.234. The number of β-amino-alcohol motifs (C(OH)–C–C–N with tert-alkyl or cyclic N) is 1. The number of aliphatic hydroxyl groups is 1. The first-order chi connectivity index (χ1) is 15.8. The summed E-state index contributed by atoms with van der Waals surface area (Å²) in [6, 6.07) is 12.7. The van der Waals surface area contributed by atoms with E-state index < -0.39 is 6.10 Å². The first kappa shape index (κ1) is 22.4. The molecule has 1 saturated heterocycles. The number of nitrogens with zero attached hydrogens (tertiary/aromatic N) is 2. The van der Waals surface area contributed by atoms with Crippen LogP contribution in [0.25, 0.3) is 10.4 Å². The van der Waals surface area contributed by atoms with Crippen molar-refractivity contribution in [3.63, 3.8) is 0 Å². The molecule has 3 heterocycles. The molecule has 0 atom stereocenters. The number of carbonyl (C=O) groups excluding carboxylic acids is 2. The van der Waals surface area contributed by atoms with Crippen molar-refractivity contribution in [3.8, 4) is 16.2 Å². The van der Waals surface area contributed by atoms with Gasteiger partial charge in [-0.1, -0.05) is 27.5 Å². The third kappa shape index (κ3) is 4.17. The van der Waals surface area contributed by atoms with Crippen LogP contribution in [0.5, 0.6) is 5.75 Å². The molecule has 9 heteroatoms. The van der Waals surface area contributed by atoms with E-state index in [0.29, 0.717) is 47.3 Å². The topological polar surface area (TPSA) is 70.1 Å². The molecular formula is C24H20BrClN2O4S. The van der Waals surface area contributed by atoms with Gasteiger partial charge in [0.25, 0.3) is 11.8 Å². The molecule has 2 amide bonds. The maximum absolute atomic E-state index is 13.4. The van der Waals surface area contributed by atoms with Crippen LogP contribution in [-0.4, -0.2) is 54.7 Å². The minimum Gasteiger partial charge on any atom is -0.493 e. The smallest absolute Gasteiger partial charge is 0.268 e. The number of hydrogen-bond acceptors (Lipinski definition) is 5. The average Bonchev–Trinajstić information content (AvgIpc) is 3.12. The number of amides is 2. The average molecular weight is 548 g/mol. The molecule has 0 spiro atoms. The van der Waals surface area contributed by atoms with Gasteiger partial charge in [-0.05, 0) is 48.0 Å². The van der Waals surface area contributed by atoms with Gasteiger partial charge in [0.15, 0.2) is 0 Å². The predicted molar refractivity (Wildman–Crippen MR) is 133 cm³/mol. The Morgan fingerprint density at radius 1 is 1.21 bits per heavy atom. The molecule has 0 bridgehead atoms. The normalized spacial score (nSPS) is 15.1. The first-order valence-electron chi connectivity index (χ1n) is 10.4. The highest BCUT2D eigenvalue weighted by molar-refractivity contribution is 9.10.